The van der Waals surface area contributed by atoms with Crippen LogP contribution in [0.15, 0.2) is 0 Å². The monoisotopic (exact) mass is 350 g/mol. The van der Waals surface area contributed by atoms with E-state index >= 15 is 0 Å². The Morgan fingerprint density at radius 2 is 2.04 bits per heavy atom. The number of nitrogens with one attached hydrogen (secondary N) is 2. The van der Waals surface area contributed by atoms with Gasteiger partial charge in [0.2, 0.25) is 5.91 Å². The number of ether oxygens (including phenoxy) is 2. The normalized spacial score (nSPS) is 29.7. The molecule has 2 amide bonds. The van der Waals surface area contributed by atoms with Crippen LogP contribution in [0, 0.1) is 11.8 Å². The molecule has 0 radical (unpaired) electrons. The summed E-state index contributed by atoms with van der Waals surface area (Å²) in [5, 5.41) is 4.15. The van der Waals surface area contributed by atoms with Crippen molar-refractivity contribution < 1.29 is 34.8 Å². The molecule has 0 spiro atoms. The Balaban J connectivity index is 2.99. The standard InChI is InChI=1S/C17H30N2O5/c1-6-23-17(22)14-13(24-14)16(21)19-12(9-11(4)5)15(20)18-8-7-10(2)3/h10-14H,6-9H2,1-5H3,(H,18,20)(H,19,21)/t12-,13-,14-/m0/s1/i2D3,7D2,8D2,10D/t10?,12-,13-,14-. The van der Waals surface area contributed by atoms with Crippen molar-refractivity contribution in [1.82, 2.24) is 10.6 Å². The van der Waals surface area contributed by atoms with Gasteiger partial charge in [-0.3, -0.25) is 9.59 Å². The van der Waals surface area contributed by atoms with Crippen LogP contribution in [0.4, 0.5) is 0 Å². The number of rotatable bonds is 10. The summed E-state index contributed by atoms with van der Waals surface area (Å²) in [6, 6.07) is -1.33. The highest BCUT2D eigenvalue weighted by molar-refractivity contribution is 5.95. The van der Waals surface area contributed by atoms with E-state index in [2.05, 4.69) is 5.32 Å². The van der Waals surface area contributed by atoms with E-state index in [9.17, 15) is 14.4 Å². The zero-order valence-electron chi connectivity index (χ0n) is 22.3. The highest BCUT2D eigenvalue weighted by Crippen LogP contribution is 2.24. The van der Waals surface area contributed by atoms with Gasteiger partial charge in [0.25, 0.3) is 5.91 Å². The second-order valence-corrected chi connectivity index (χ2v) is 5.78. The molecule has 1 fully saturated rings. The van der Waals surface area contributed by atoms with Crippen LogP contribution in [-0.4, -0.2) is 49.1 Å². The van der Waals surface area contributed by atoms with Gasteiger partial charge >= 0.3 is 5.97 Å². The minimum Gasteiger partial charge on any atom is -0.464 e. The smallest absolute Gasteiger partial charge is 0.338 e. The molecule has 1 aliphatic rings. The largest absolute Gasteiger partial charge is 0.464 e. The van der Waals surface area contributed by atoms with Crippen LogP contribution in [0.1, 0.15) is 58.3 Å². The second kappa shape index (κ2) is 9.61. The zero-order valence-corrected chi connectivity index (χ0v) is 14.3. The van der Waals surface area contributed by atoms with Gasteiger partial charge in [0.05, 0.1) is 6.61 Å². The van der Waals surface area contributed by atoms with E-state index in [0.717, 1.165) is 6.92 Å². The molecule has 24 heavy (non-hydrogen) atoms. The lowest BCUT2D eigenvalue weighted by Gasteiger charge is -2.20. The van der Waals surface area contributed by atoms with Crippen LogP contribution in [-0.2, 0) is 23.9 Å². The summed E-state index contributed by atoms with van der Waals surface area (Å²) < 4.78 is 71.7. The van der Waals surface area contributed by atoms with Gasteiger partial charge in [0.15, 0.2) is 12.2 Å². The third-order valence-electron chi connectivity index (χ3n) is 3.04. The van der Waals surface area contributed by atoms with Gasteiger partial charge in [-0.25, -0.2) is 4.79 Å². The third kappa shape index (κ3) is 6.86. The first-order valence-electron chi connectivity index (χ1n) is 11.7. The molecule has 0 aliphatic carbocycles. The number of hydrogen-bond donors (Lipinski definition) is 2. The number of epoxide rings is 1. The van der Waals surface area contributed by atoms with E-state index in [-0.39, 0.29) is 18.9 Å². The molecule has 0 aromatic heterocycles. The van der Waals surface area contributed by atoms with Crippen molar-refractivity contribution in [2.45, 2.75) is 65.6 Å². The quantitative estimate of drug-likeness (QED) is 0.453. The molecule has 1 saturated heterocycles. The molecule has 0 aromatic carbocycles. The van der Waals surface area contributed by atoms with Crippen molar-refractivity contribution in [3.63, 3.8) is 0 Å². The fourth-order valence-corrected chi connectivity index (χ4v) is 1.95. The number of carbonyl (C=O) groups is 3. The average molecular weight is 350 g/mol. The molecule has 7 nitrogen and oxygen atoms in total. The van der Waals surface area contributed by atoms with E-state index in [4.69, 9.17) is 20.4 Å². The average Bonchev–Trinajstić information content (AvgIpc) is 3.40. The number of hydrogen-bond acceptors (Lipinski definition) is 5. The summed E-state index contributed by atoms with van der Waals surface area (Å²) in [7, 11) is 0. The Morgan fingerprint density at radius 1 is 1.33 bits per heavy atom. The minimum absolute atomic E-state index is 0.0326. The summed E-state index contributed by atoms with van der Waals surface area (Å²) in [5.74, 6) is -5.71. The lowest BCUT2D eigenvalue weighted by molar-refractivity contribution is -0.144. The summed E-state index contributed by atoms with van der Waals surface area (Å²) in [4.78, 5) is 36.8. The zero-order chi connectivity index (χ0) is 25.3. The highest BCUT2D eigenvalue weighted by atomic mass is 16.6. The lowest BCUT2D eigenvalue weighted by Crippen LogP contribution is -2.49. The maximum Gasteiger partial charge on any atom is 0.338 e. The Bertz CT molecular complexity index is 726. The molecule has 1 heterocycles. The van der Waals surface area contributed by atoms with Gasteiger partial charge in [-0.05, 0) is 31.5 Å². The second-order valence-electron chi connectivity index (χ2n) is 5.78. The molecule has 2 N–H and O–H groups in total. The van der Waals surface area contributed by atoms with Crippen LogP contribution in [0.5, 0.6) is 0 Å². The summed E-state index contributed by atoms with van der Waals surface area (Å²) in [5.41, 5.74) is 0. The van der Waals surface area contributed by atoms with E-state index < -0.39 is 61.6 Å². The molecule has 0 aromatic rings. The molecule has 7 heteroatoms. The fraction of sp³-hybridized carbons (Fsp3) is 0.824. The molecule has 4 atom stereocenters. The van der Waals surface area contributed by atoms with Gasteiger partial charge in [0.1, 0.15) is 6.04 Å². The highest BCUT2D eigenvalue weighted by Gasteiger charge is 2.52. The van der Waals surface area contributed by atoms with Crippen LogP contribution in [0.25, 0.3) is 0 Å². The van der Waals surface area contributed by atoms with Gasteiger partial charge in [-0.15, -0.1) is 0 Å². The van der Waals surface area contributed by atoms with E-state index in [1.165, 1.54) is 0 Å². The minimum atomic E-state index is -3.33. The van der Waals surface area contributed by atoms with Crippen molar-refractivity contribution in [1.29, 1.82) is 0 Å². The Labute approximate surface area is 155 Å². The predicted octanol–water partition coefficient (Wildman–Crippen LogP) is 1.01. The maximum atomic E-state index is 12.7. The summed E-state index contributed by atoms with van der Waals surface area (Å²) in [6.45, 7) is -0.607. The SMILES string of the molecule is [2H]C([2H])([2H])C([2H])(C)C([2H])([2H])C([2H])([2H])NC(=O)[C@H](CC(C)C)NC(=O)[C@H]1O[C@@H]1C(=O)OCC. The van der Waals surface area contributed by atoms with Crippen molar-refractivity contribution >= 4 is 17.8 Å². The van der Waals surface area contributed by atoms with Crippen LogP contribution < -0.4 is 10.6 Å². The first-order valence-corrected chi connectivity index (χ1v) is 7.74. The molecular weight excluding hydrogens is 312 g/mol. The predicted molar refractivity (Wildman–Crippen MR) is 89.1 cm³/mol. The van der Waals surface area contributed by atoms with Crippen molar-refractivity contribution in [3.8, 4) is 0 Å². The van der Waals surface area contributed by atoms with Crippen LogP contribution in [0.2, 0.25) is 0 Å². The maximum absolute atomic E-state index is 12.7. The Morgan fingerprint density at radius 3 is 2.62 bits per heavy atom. The molecule has 1 aliphatic heterocycles. The van der Waals surface area contributed by atoms with E-state index in [0.29, 0.717) is 0 Å². The topological polar surface area (TPSA) is 97.0 Å². The van der Waals surface area contributed by atoms with Crippen LogP contribution >= 0.6 is 0 Å². The molecule has 0 saturated carbocycles. The molecule has 1 unspecified atom stereocenters. The number of esters is 1. The van der Waals surface area contributed by atoms with Crippen LogP contribution in [0.3, 0.4) is 0 Å². The molecule has 0 bridgehead atoms. The first-order chi connectivity index (χ1) is 14.3. The fourth-order valence-electron chi connectivity index (χ4n) is 1.95. The van der Waals surface area contributed by atoms with Gasteiger partial charge in [0, 0.05) is 17.5 Å². The van der Waals surface area contributed by atoms with Gasteiger partial charge in [-0.1, -0.05) is 27.6 Å². The van der Waals surface area contributed by atoms with Gasteiger partial charge in [-0.2, -0.15) is 0 Å². The molecule has 1 rings (SSSR count). The number of amides is 2. The van der Waals surface area contributed by atoms with Crippen molar-refractivity contribution in [2.24, 2.45) is 11.8 Å². The van der Waals surface area contributed by atoms with E-state index in [1.807, 2.05) is 0 Å². The summed E-state index contributed by atoms with van der Waals surface area (Å²) in [6.07, 6.45) is -5.58. The van der Waals surface area contributed by atoms with Gasteiger partial charge < -0.3 is 20.1 Å². The number of carbonyl (C=O) groups excluding carboxylic acids is 3. The molecule has 138 valence electrons. The summed E-state index contributed by atoms with van der Waals surface area (Å²) >= 11 is 0. The Hall–Kier alpha value is -1.63. The van der Waals surface area contributed by atoms with Crippen molar-refractivity contribution in [2.75, 3.05) is 13.1 Å². The third-order valence-corrected chi connectivity index (χ3v) is 3.04. The lowest BCUT2D eigenvalue weighted by atomic mass is 10.0. The van der Waals surface area contributed by atoms with E-state index in [1.54, 1.807) is 26.1 Å². The Kier molecular flexibility index (Phi) is 4.44. The molecular formula is C17H30N2O5. The van der Waals surface area contributed by atoms with Crippen molar-refractivity contribution in [3.05, 3.63) is 0 Å². The first kappa shape index (κ1) is 11.1.